The van der Waals surface area contributed by atoms with Gasteiger partial charge in [0.2, 0.25) is 5.91 Å². The van der Waals surface area contributed by atoms with Gasteiger partial charge in [0.15, 0.2) is 0 Å². The highest BCUT2D eigenvalue weighted by molar-refractivity contribution is 5.94. The van der Waals surface area contributed by atoms with Gasteiger partial charge < -0.3 is 10.4 Å². The zero-order chi connectivity index (χ0) is 12.8. The molecule has 0 saturated carbocycles. The standard InChI is InChI=1S/C13H16N2O2/c1-9(2)12(7-14)13(17)15-11-5-3-10(8-16)4-6-11/h3-6,9,12,16H,8H2,1-2H3,(H,15,17). The predicted molar refractivity (Wildman–Crippen MR) is 64.9 cm³/mol. The van der Waals surface area contributed by atoms with Gasteiger partial charge in [-0.15, -0.1) is 0 Å². The molecule has 0 bridgehead atoms. The maximum Gasteiger partial charge on any atom is 0.241 e. The molecule has 0 aliphatic rings. The van der Waals surface area contributed by atoms with Gasteiger partial charge in [0, 0.05) is 5.69 Å². The number of rotatable bonds is 4. The van der Waals surface area contributed by atoms with E-state index in [1.807, 2.05) is 19.9 Å². The minimum atomic E-state index is -0.646. The van der Waals surface area contributed by atoms with Crippen molar-refractivity contribution in [1.82, 2.24) is 0 Å². The van der Waals surface area contributed by atoms with E-state index in [1.165, 1.54) is 0 Å². The third-order valence-corrected chi connectivity index (χ3v) is 2.49. The van der Waals surface area contributed by atoms with E-state index in [2.05, 4.69) is 5.32 Å². The first-order chi connectivity index (χ1) is 8.08. The smallest absolute Gasteiger partial charge is 0.241 e. The highest BCUT2D eigenvalue weighted by Gasteiger charge is 2.21. The lowest BCUT2D eigenvalue weighted by atomic mass is 9.96. The molecule has 0 aliphatic heterocycles. The highest BCUT2D eigenvalue weighted by atomic mass is 16.3. The van der Waals surface area contributed by atoms with E-state index in [9.17, 15) is 4.79 Å². The normalized spacial score (nSPS) is 11.9. The predicted octanol–water partition coefficient (Wildman–Crippen LogP) is 1.91. The Kier molecular flexibility index (Phi) is 4.68. The van der Waals surface area contributed by atoms with E-state index >= 15 is 0 Å². The van der Waals surface area contributed by atoms with Gasteiger partial charge in [-0.1, -0.05) is 26.0 Å². The van der Waals surface area contributed by atoms with Crippen molar-refractivity contribution in [2.24, 2.45) is 11.8 Å². The van der Waals surface area contributed by atoms with Crippen LogP contribution in [0.3, 0.4) is 0 Å². The molecule has 2 N–H and O–H groups in total. The van der Waals surface area contributed by atoms with Crippen LogP contribution in [0.25, 0.3) is 0 Å². The number of amides is 1. The summed E-state index contributed by atoms with van der Waals surface area (Å²) in [6.45, 7) is 3.64. The molecule has 17 heavy (non-hydrogen) atoms. The summed E-state index contributed by atoms with van der Waals surface area (Å²) in [4.78, 5) is 11.8. The highest BCUT2D eigenvalue weighted by Crippen LogP contribution is 2.15. The molecule has 0 radical (unpaired) electrons. The summed E-state index contributed by atoms with van der Waals surface area (Å²) in [6, 6.07) is 8.86. The van der Waals surface area contributed by atoms with Crippen molar-refractivity contribution in [2.75, 3.05) is 5.32 Å². The van der Waals surface area contributed by atoms with Crippen molar-refractivity contribution >= 4 is 11.6 Å². The van der Waals surface area contributed by atoms with Gasteiger partial charge in [-0.2, -0.15) is 5.26 Å². The topological polar surface area (TPSA) is 73.1 Å². The van der Waals surface area contributed by atoms with Gasteiger partial charge in [-0.25, -0.2) is 0 Å². The number of aliphatic hydroxyl groups excluding tert-OH is 1. The van der Waals surface area contributed by atoms with Crippen molar-refractivity contribution in [2.45, 2.75) is 20.5 Å². The van der Waals surface area contributed by atoms with Crippen LogP contribution in [0.5, 0.6) is 0 Å². The zero-order valence-electron chi connectivity index (χ0n) is 9.97. The molecular formula is C13H16N2O2. The second-order valence-electron chi connectivity index (χ2n) is 4.20. The number of nitriles is 1. The number of benzene rings is 1. The lowest BCUT2D eigenvalue weighted by Gasteiger charge is -2.13. The molecule has 90 valence electrons. The first-order valence-electron chi connectivity index (χ1n) is 5.48. The molecule has 0 heterocycles. The Balaban J connectivity index is 2.71. The third kappa shape index (κ3) is 3.58. The molecule has 1 aromatic carbocycles. The fourth-order valence-electron chi connectivity index (χ4n) is 1.42. The van der Waals surface area contributed by atoms with Crippen molar-refractivity contribution in [1.29, 1.82) is 5.26 Å². The maximum atomic E-state index is 11.8. The average Bonchev–Trinajstić information content (AvgIpc) is 2.30. The van der Waals surface area contributed by atoms with Crippen LogP contribution in [0.4, 0.5) is 5.69 Å². The molecule has 0 aromatic heterocycles. The largest absolute Gasteiger partial charge is 0.392 e. The summed E-state index contributed by atoms with van der Waals surface area (Å²) < 4.78 is 0. The average molecular weight is 232 g/mol. The summed E-state index contributed by atoms with van der Waals surface area (Å²) in [7, 11) is 0. The number of anilines is 1. The van der Waals surface area contributed by atoms with Crippen LogP contribution in [-0.2, 0) is 11.4 Å². The molecule has 4 nitrogen and oxygen atoms in total. The molecule has 1 rings (SSSR count). The second kappa shape index (κ2) is 6.02. The quantitative estimate of drug-likeness (QED) is 0.832. The SMILES string of the molecule is CC(C)C(C#N)C(=O)Nc1ccc(CO)cc1. The number of hydrogen-bond donors (Lipinski definition) is 2. The summed E-state index contributed by atoms with van der Waals surface area (Å²) in [6.07, 6.45) is 0. The van der Waals surface area contributed by atoms with Gasteiger partial charge in [-0.3, -0.25) is 4.79 Å². The Morgan fingerprint density at radius 3 is 2.41 bits per heavy atom. The minimum absolute atomic E-state index is 0.0169. The van der Waals surface area contributed by atoms with Crippen LogP contribution >= 0.6 is 0 Å². The number of carbonyl (C=O) groups excluding carboxylic acids is 1. The molecule has 4 heteroatoms. The fraction of sp³-hybridized carbons (Fsp3) is 0.385. The molecular weight excluding hydrogens is 216 g/mol. The van der Waals surface area contributed by atoms with Crippen molar-refractivity contribution in [3.63, 3.8) is 0 Å². The van der Waals surface area contributed by atoms with Crippen molar-refractivity contribution in [3.8, 4) is 6.07 Å². The Bertz CT molecular complexity index is 418. The Morgan fingerprint density at radius 1 is 1.41 bits per heavy atom. The number of aliphatic hydroxyl groups is 1. The second-order valence-corrected chi connectivity index (χ2v) is 4.20. The number of nitrogens with one attached hydrogen (secondary N) is 1. The van der Waals surface area contributed by atoms with Crippen LogP contribution in [0.2, 0.25) is 0 Å². The van der Waals surface area contributed by atoms with Crippen molar-refractivity contribution < 1.29 is 9.90 Å². The van der Waals surface area contributed by atoms with E-state index in [0.717, 1.165) is 5.56 Å². The van der Waals surface area contributed by atoms with Gasteiger partial charge in [0.05, 0.1) is 12.7 Å². The molecule has 0 saturated heterocycles. The van der Waals surface area contributed by atoms with E-state index in [-0.39, 0.29) is 18.4 Å². The van der Waals surface area contributed by atoms with Gasteiger partial charge in [0.1, 0.15) is 5.92 Å². The molecule has 1 aromatic rings. The molecule has 0 spiro atoms. The van der Waals surface area contributed by atoms with Crippen molar-refractivity contribution in [3.05, 3.63) is 29.8 Å². The lowest BCUT2D eigenvalue weighted by Crippen LogP contribution is -2.25. The van der Waals surface area contributed by atoms with Crippen LogP contribution in [0.1, 0.15) is 19.4 Å². The Hall–Kier alpha value is -1.86. The minimum Gasteiger partial charge on any atom is -0.392 e. The van der Waals surface area contributed by atoms with Crippen LogP contribution in [0.15, 0.2) is 24.3 Å². The third-order valence-electron chi connectivity index (χ3n) is 2.49. The lowest BCUT2D eigenvalue weighted by molar-refractivity contribution is -0.119. The zero-order valence-corrected chi connectivity index (χ0v) is 9.97. The summed E-state index contributed by atoms with van der Waals surface area (Å²) in [5.41, 5.74) is 1.41. The van der Waals surface area contributed by atoms with E-state index in [1.54, 1.807) is 24.3 Å². The number of hydrogen-bond acceptors (Lipinski definition) is 3. The van der Waals surface area contributed by atoms with E-state index < -0.39 is 5.92 Å². The summed E-state index contributed by atoms with van der Waals surface area (Å²) in [5.74, 6) is -0.955. The summed E-state index contributed by atoms with van der Waals surface area (Å²) >= 11 is 0. The Morgan fingerprint density at radius 2 is 2.00 bits per heavy atom. The number of carbonyl (C=O) groups is 1. The van der Waals surface area contributed by atoms with E-state index in [4.69, 9.17) is 10.4 Å². The van der Waals surface area contributed by atoms with Crippen LogP contribution < -0.4 is 5.32 Å². The molecule has 1 unspecified atom stereocenters. The van der Waals surface area contributed by atoms with E-state index in [0.29, 0.717) is 5.69 Å². The van der Waals surface area contributed by atoms with Gasteiger partial charge in [0.25, 0.3) is 0 Å². The summed E-state index contributed by atoms with van der Waals surface area (Å²) in [5, 5.41) is 20.4. The first-order valence-corrected chi connectivity index (χ1v) is 5.48. The monoisotopic (exact) mass is 232 g/mol. The molecule has 1 amide bonds. The van der Waals surface area contributed by atoms with Gasteiger partial charge in [-0.05, 0) is 23.6 Å². The molecule has 0 fully saturated rings. The Labute approximate surface area is 101 Å². The first kappa shape index (κ1) is 13.2. The van der Waals surface area contributed by atoms with Gasteiger partial charge >= 0.3 is 0 Å². The molecule has 1 atom stereocenters. The number of nitrogens with zero attached hydrogens (tertiary/aromatic N) is 1. The maximum absolute atomic E-state index is 11.8. The fourth-order valence-corrected chi connectivity index (χ4v) is 1.42. The molecule has 0 aliphatic carbocycles. The van der Waals surface area contributed by atoms with Crippen LogP contribution in [-0.4, -0.2) is 11.0 Å². The van der Waals surface area contributed by atoms with Crippen LogP contribution in [0, 0.1) is 23.2 Å².